The molecule has 1 unspecified atom stereocenters. The summed E-state index contributed by atoms with van der Waals surface area (Å²) in [6.07, 6.45) is 1.77. The second kappa shape index (κ2) is 4.74. The maximum absolute atomic E-state index is 4.27. The highest BCUT2D eigenvalue weighted by molar-refractivity contribution is 7.05. The number of rotatable bonds is 3. The van der Waals surface area contributed by atoms with Crippen LogP contribution in [-0.2, 0) is 12.5 Å². The summed E-state index contributed by atoms with van der Waals surface area (Å²) in [6.45, 7) is 6.42. The summed E-state index contributed by atoms with van der Waals surface area (Å²) < 4.78 is 5.87. The molecule has 0 aromatic carbocycles. The van der Waals surface area contributed by atoms with Crippen molar-refractivity contribution in [3.63, 3.8) is 0 Å². The van der Waals surface area contributed by atoms with Gasteiger partial charge in [-0.1, -0.05) is 30.5 Å². The molecule has 98 valence electrons. The Bertz CT molecular complexity index is 524. The fourth-order valence-electron chi connectivity index (χ4n) is 1.88. The highest BCUT2D eigenvalue weighted by Crippen LogP contribution is 2.32. The van der Waals surface area contributed by atoms with E-state index in [2.05, 4.69) is 46.0 Å². The van der Waals surface area contributed by atoms with Gasteiger partial charge in [0.2, 0.25) is 0 Å². The van der Waals surface area contributed by atoms with Gasteiger partial charge in [-0.15, -0.1) is 10.2 Å². The Labute approximate surface area is 111 Å². The minimum Gasteiger partial charge on any atom is -0.307 e. The van der Waals surface area contributed by atoms with E-state index in [9.17, 15) is 0 Å². The van der Waals surface area contributed by atoms with E-state index in [1.807, 2.05) is 14.1 Å². The molecule has 2 rings (SSSR count). The Morgan fingerprint density at radius 3 is 2.61 bits per heavy atom. The Balaban J connectivity index is 2.47. The standard InChI is InChI=1S/C11H18N6S/c1-11(2,3)10-9(18-16-14-10)8(12-4)7-6-13-15-17(7)5/h6,8,12H,1-5H3. The Morgan fingerprint density at radius 1 is 1.39 bits per heavy atom. The van der Waals surface area contributed by atoms with Crippen LogP contribution < -0.4 is 5.32 Å². The van der Waals surface area contributed by atoms with Gasteiger partial charge >= 0.3 is 0 Å². The van der Waals surface area contributed by atoms with Gasteiger partial charge in [0.15, 0.2) is 0 Å². The molecule has 0 fully saturated rings. The van der Waals surface area contributed by atoms with Gasteiger partial charge in [-0.3, -0.25) is 4.68 Å². The first-order valence-electron chi connectivity index (χ1n) is 5.79. The van der Waals surface area contributed by atoms with Crippen LogP contribution in [0.1, 0.15) is 43.1 Å². The minimum absolute atomic E-state index is 0.0244. The number of hydrogen-bond donors (Lipinski definition) is 1. The van der Waals surface area contributed by atoms with Crippen molar-refractivity contribution in [2.75, 3.05) is 7.05 Å². The van der Waals surface area contributed by atoms with Gasteiger partial charge < -0.3 is 5.32 Å². The average Bonchev–Trinajstić information content (AvgIpc) is 2.89. The van der Waals surface area contributed by atoms with Crippen LogP contribution in [0.4, 0.5) is 0 Å². The second-order valence-electron chi connectivity index (χ2n) is 5.24. The summed E-state index contributed by atoms with van der Waals surface area (Å²) in [7, 11) is 3.81. The molecule has 0 spiro atoms. The SMILES string of the molecule is CNC(c1snnc1C(C)(C)C)c1cnnn1C. The fourth-order valence-corrected chi connectivity index (χ4v) is 2.87. The lowest BCUT2D eigenvalue weighted by atomic mass is 9.89. The number of aryl methyl sites for hydroxylation is 1. The lowest BCUT2D eigenvalue weighted by Crippen LogP contribution is -2.24. The van der Waals surface area contributed by atoms with E-state index < -0.39 is 0 Å². The molecule has 0 bridgehead atoms. The highest BCUT2D eigenvalue weighted by Gasteiger charge is 2.28. The van der Waals surface area contributed by atoms with Crippen LogP contribution in [0.15, 0.2) is 6.20 Å². The van der Waals surface area contributed by atoms with E-state index in [0.29, 0.717) is 0 Å². The van der Waals surface area contributed by atoms with Crippen LogP contribution in [0, 0.1) is 0 Å². The van der Waals surface area contributed by atoms with Crippen LogP contribution >= 0.6 is 11.5 Å². The molecule has 2 aromatic rings. The van der Waals surface area contributed by atoms with Crippen molar-refractivity contribution < 1.29 is 0 Å². The third kappa shape index (κ3) is 2.28. The maximum Gasteiger partial charge on any atom is 0.0891 e. The predicted octanol–water partition coefficient (Wildman–Crippen LogP) is 1.27. The van der Waals surface area contributed by atoms with Crippen molar-refractivity contribution >= 4 is 11.5 Å². The smallest absolute Gasteiger partial charge is 0.0891 e. The predicted molar refractivity (Wildman–Crippen MR) is 70.5 cm³/mol. The third-order valence-corrected chi connectivity index (χ3v) is 3.61. The molecule has 0 saturated heterocycles. The summed E-state index contributed by atoms with van der Waals surface area (Å²) in [5.74, 6) is 0. The number of nitrogens with zero attached hydrogens (tertiary/aromatic N) is 5. The summed E-state index contributed by atoms with van der Waals surface area (Å²) in [5, 5.41) is 15.5. The van der Waals surface area contributed by atoms with Crippen molar-refractivity contribution in [2.45, 2.75) is 32.2 Å². The van der Waals surface area contributed by atoms with Crippen LogP contribution in [0.3, 0.4) is 0 Å². The second-order valence-corrected chi connectivity index (χ2v) is 6.03. The molecule has 0 aliphatic rings. The molecule has 0 radical (unpaired) electrons. The molecule has 6 nitrogen and oxygen atoms in total. The first kappa shape index (κ1) is 13.1. The van der Waals surface area contributed by atoms with Crippen LogP contribution in [0.25, 0.3) is 0 Å². The monoisotopic (exact) mass is 266 g/mol. The first-order valence-corrected chi connectivity index (χ1v) is 6.57. The topological polar surface area (TPSA) is 68.5 Å². The van der Waals surface area contributed by atoms with E-state index >= 15 is 0 Å². The van der Waals surface area contributed by atoms with E-state index in [0.717, 1.165) is 16.3 Å². The number of aromatic nitrogens is 5. The van der Waals surface area contributed by atoms with Crippen molar-refractivity contribution in [2.24, 2.45) is 7.05 Å². The molecule has 7 heteroatoms. The quantitative estimate of drug-likeness (QED) is 0.906. The van der Waals surface area contributed by atoms with Gasteiger partial charge in [0.25, 0.3) is 0 Å². The van der Waals surface area contributed by atoms with E-state index in [1.165, 1.54) is 11.5 Å². The van der Waals surface area contributed by atoms with Gasteiger partial charge in [0.1, 0.15) is 0 Å². The van der Waals surface area contributed by atoms with Crippen molar-refractivity contribution in [1.82, 2.24) is 29.9 Å². The van der Waals surface area contributed by atoms with Crippen LogP contribution in [0.2, 0.25) is 0 Å². The first-order chi connectivity index (χ1) is 8.45. The fraction of sp³-hybridized carbons (Fsp3) is 0.636. The summed E-state index contributed by atoms with van der Waals surface area (Å²) in [5.41, 5.74) is 2.01. The third-order valence-electron chi connectivity index (χ3n) is 2.82. The molecule has 2 aromatic heterocycles. The zero-order valence-electron chi connectivity index (χ0n) is 11.3. The molecule has 0 aliphatic carbocycles. The van der Waals surface area contributed by atoms with E-state index in [1.54, 1.807) is 10.9 Å². The summed E-state index contributed by atoms with van der Waals surface area (Å²) in [6, 6.07) is 0.0271. The molecular weight excluding hydrogens is 248 g/mol. The van der Waals surface area contributed by atoms with Crippen molar-refractivity contribution in [3.05, 3.63) is 22.5 Å². The van der Waals surface area contributed by atoms with Gasteiger partial charge in [0, 0.05) is 12.5 Å². The van der Waals surface area contributed by atoms with Crippen molar-refractivity contribution in [3.8, 4) is 0 Å². The summed E-state index contributed by atoms with van der Waals surface area (Å²) in [4.78, 5) is 1.12. The summed E-state index contributed by atoms with van der Waals surface area (Å²) >= 11 is 1.42. The Kier molecular flexibility index (Phi) is 3.45. The maximum atomic E-state index is 4.27. The van der Waals surface area contributed by atoms with Gasteiger partial charge in [-0.25, -0.2) is 0 Å². The molecule has 2 heterocycles. The number of nitrogens with one attached hydrogen (secondary N) is 1. The van der Waals surface area contributed by atoms with Crippen LogP contribution in [0.5, 0.6) is 0 Å². The molecule has 0 aliphatic heterocycles. The molecule has 1 atom stereocenters. The minimum atomic E-state index is -0.0244. The van der Waals surface area contributed by atoms with Crippen molar-refractivity contribution in [1.29, 1.82) is 0 Å². The number of hydrogen-bond acceptors (Lipinski definition) is 6. The van der Waals surface area contributed by atoms with E-state index in [4.69, 9.17) is 0 Å². The molecule has 1 N–H and O–H groups in total. The molecule has 0 saturated carbocycles. The lowest BCUT2D eigenvalue weighted by molar-refractivity contribution is 0.539. The Hall–Kier alpha value is -1.34. The van der Waals surface area contributed by atoms with Crippen LogP contribution in [-0.4, -0.2) is 31.6 Å². The van der Waals surface area contributed by atoms with Gasteiger partial charge in [-0.05, 0) is 18.6 Å². The zero-order valence-corrected chi connectivity index (χ0v) is 12.1. The Morgan fingerprint density at radius 2 is 2.11 bits per heavy atom. The average molecular weight is 266 g/mol. The van der Waals surface area contributed by atoms with Gasteiger partial charge in [-0.2, -0.15) is 0 Å². The largest absolute Gasteiger partial charge is 0.307 e. The normalized spacial score (nSPS) is 13.8. The van der Waals surface area contributed by atoms with Gasteiger partial charge in [0.05, 0.1) is 28.5 Å². The van der Waals surface area contributed by atoms with E-state index in [-0.39, 0.29) is 11.5 Å². The molecular formula is C11H18N6S. The lowest BCUT2D eigenvalue weighted by Gasteiger charge is -2.21. The zero-order chi connectivity index (χ0) is 13.3. The highest BCUT2D eigenvalue weighted by atomic mass is 32.1. The molecule has 18 heavy (non-hydrogen) atoms. The molecule has 0 amide bonds.